The quantitative estimate of drug-likeness (QED) is 0.324. The maximum absolute atomic E-state index is 5.79. The minimum Gasteiger partial charge on any atom is -0.497 e. The molecule has 0 aromatic heterocycles. The minimum absolute atomic E-state index is 0. The van der Waals surface area contributed by atoms with Crippen molar-refractivity contribution in [3.05, 3.63) is 24.3 Å². The van der Waals surface area contributed by atoms with Gasteiger partial charge in [0, 0.05) is 18.4 Å². The summed E-state index contributed by atoms with van der Waals surface area (Å²) in [6, 6.07) is 7.55. The number of nitrogens with one attached hydrogen (secondary N) is 1. The van der Waals surface area contributed by atoms with Crippen LogP contribution in [0.25, 0.3) is 0 Å². The predicted octanol–water partition coefficient (Wildman–Crippen LogP) is 2.47. The third kappa shape index (κ3) is 6.42. The van der Waals surface area contributed by atoms with Crippen LogP contribution in [0.15, 0.2) is 29.3 Å². The van der Waals surface area contributed by atoms with Gasteiger partial charge in [0.25, 0.3) is 0 Å². The standard InChI is InChI=1S/C14H21N3O2.HI/c1-18-13-4-2-3-12(9-13)17-14(15)16-7-8-19-10-11-5-6-11;/h2-4,9,11H,5-8,10H2,1H3,(H3,15,16,17);1H. The van der Waals surface area contributed by atoms with E-state index in [1.807, 2.05) is 24.3 Å². The highest BCUT2D eigenvalue weighted by atomic mass is 127. The van der Waals surface area contributed by atoms with Gasteiger partial charge in [0.2, 0.25) is 0 Å². The zero-order valence-electron chi connectivity index (χ0n) is 11.7. The summed E-state index contributed by atoms with van der Waals surface area (Å²) in [6.45, 7) is 2.06. The van der Waals surface area contributed by atoms with Gasteiger partial charge in [-0.25, -0.2) is 0 Å². The predicted molar refractivity (Wildman–Crippen MR) is 92.1 cm³/mol. The number of anilines is 1. The number of benzene rings is 1. The van der Waals surface area contributed by atoms with Crippen LogP contribution in [-0.2, 0) is 4.74 Å². The number of hydrogen-bond acceptors (Lipinski definition) is 3. The molecule has 1 fully saturated rings. The fourth-order valence-electron chi connectivity index (χ4n) is 1.65. The lowest BCUT2D eigenvalue weighted by Gasteiger charge is -2.07. The number of nitrogens with zero attached hydrogens (tertiary/aromatic N) is 1. The first-order chi connectivity index (χ1) is 9.28. The number of guanidine groups is 1. The fraction of sp³-hybridized carbons (Fsp3) is 0.500. The van der Waals surface area contributed by atoms with Gasteiger partial charge in [0.05, 0.1) is 20.3 Å². The summed E-state index contributed by atoms with van der Waals surface area (Å²) < 4.78 is 10.6. The summed E-state index contributed by atoms with van der Waals surface area (Å²) in [5.74, 6) is 1.96. The zero-order chi connectivity index (χ0) is 13.5. The average molecular weight is 391 g/mol. The van der Waals surface area contributed by atoms with Crippen molar-refractivity contribution in [1.82, 2.24) is 0 Å². The summed E-state index contributed by atoms with van der Waals surface area (Å²) >= 11 is 0. The Kier molecular flexibility index (Phi) is 7.68. The van der Waals surface area contributed by atoms with Crippen LogP contribution in [0.1, 0.15) is 12.8 Å². The number of hydrogen-bond donors (Lipinski definition) is 2. The third-order valence-corrected chi connectivity index (χ3v) is 2.91. The van der Waals surface area contributed by atoms with Gasteiger partial charge in [-0.15, -0.1) is 24.0 Å². The maximum Gasteiger partial charge on any atom is 0.193 e. The molecule has 20 heavy (non-hydrogen) atoms. The van der Waals surface area contributed by atoms with Crippen LogP contribution in [0.2, 0.25) is 0 Å². The Morgan fingerprint density at radius 1 is 1.45 bits per heavy atom. The summed E-state index contributed by atoms with van der Waals surface area (Å²) in [6.07, 6.45) is 2.62. The molecule has 0 atom stereocenters. The highest BCUT2D eigenvalue weighted by Crippen LogP contribution is 2.28. The van der Waals surface area contributed by atoms with Crippen molar-refractivity contribution in [2.45, 2.75) is 12.8 Å². The minimum atomic E-state index is 0. The van der Waals surface area contributed by atoms with E-state index in [0.29, 0.717) is 19.1 Å². The van der Waals surface area contributed by atoms with Gasteiger partial charge in [-0.3, -0.25) is 4.99 Å². The molecule has 1 aliphatic carbocycles. The molecule has 1 saturated carbocycles. The van der Waals surface area contributed by atoms with E-state index in [4.69, 9.17) is 15.2 Å². The van der Waals surface area contributed by atoms with E-state index >= 15 is 0 Å². The van der Waals surface area contributed by atoms with Crippen molar-refractivity contribution in [2.24, 2.45) is 16.6 Å². The number of rotatable bonds is 7. The number of nitrogens with two attached hydrogens (primary N) is 1. The normalized spacial score (nSPS) is 14.6. The molecule has 6 heteroatoms. The van der Waals surface area contributed by atoms with Gasteiger partial charge in [0.15, 0.2) is 5.96 Å². The van der Waals surface area contributed by atoms with E-state index in [0.717, 1.165) is 24.0 Å². The number of halogens is 1. The second kappa shape index (κ2) is 9.02. The van der Waals surface area contributed by atoms with Gasteiger partial charge >= 0.3 is 0 Å². The Balaban J connectivity index is 0.00000200. The summed E-state index contributed by atoms with van der Waals surface area (Å²) in [4.78, 5) is 4.21. The molecular formula is C14H22IN3O2. The Morgan fingerprint density at radius 3 is 2.95 bits per heavy atom. The summed E-state index contributed by atoms with van der Waals surface area (Å²) in [5, 5.41) is 3.02. The second-order valence-electron chi connectivity index (χ2n) is 4.64. The van der Waals surface area contributed by atoms with Crippen LogP contribution >= 0.6 is 24.0 Å². The molecule has 2 rings (SSSR count). The molecule has 0 amide bonds. The molecule has 0 saturated heterocycles. The molecule has 1 aliphatic rings. The van der Waals surface area contributed by atoms with Crippen LogP contribution in [0.3, 0.4) is 0 Å². The van der Waals surface area contributed by atoms with E-state index in [1.54, 1.807) is 7.11 Å². The van der Waals surface area contributed by atoms with Crippen molar-refractivity contribution in [3.63, 3.8) is 0 Å². The zero-order valence-corrected chi connectivity index (χ0v) is 14.0. The average Bonchev–Trinajstić information content (AvgIpc) is 3.22. The Labute approximate surface area is 137 Å². The smallest absolute Gasteiger partial charge is 0.193 e. The van der Waals surface area contributed by atoms with E-state index in [2.05, 4.69) is 10.3 Å². The first kappa shape index (κ1) is 17.0. The summed E-state index contributed by atoms with van der Waals surface area (Å²) in [7, 11) is 1.63. The van der Waals surface area contributed by atoms with Crippen molar-refractivity contribution in [2.75, 3.05) is 32.2 Å². The number of methoxy groups -OCH3 is 1. The summed E-state index contributed by atoms with van der Waals surface area (Å²) in [5.41, 5.74) is 6.65. The van der Waals surface area contributed by atoms with E-state index in [9.17, 15) is 0 Å². The Morgan fingerprint density at radius 2 is 2.25 bits per heavy atom. The van der Waals surface area contributed by atoms with Crippen LogP contribution in [0.5, 0.6) is 5.75 Å². The molecule has 0 spiro atoms. The first-order valence-electron chi connectivity index (χ1n) is 6.56. The fourth-order valence-corrected chi connectivity index (χ4v) is 1.65. The maximum atomic E-state index is 5.79. The molecule has 1 aromatic carbocycles. The van der Waals surface area contributed by atoms with Crippen LogP contribution in [0, 0.1) is 5.92 Å². The molecular weight excluding hydrogens is 369 g/mol. The molecule has 0 heterocycles. The van der Waals surface area contributed by atoms with Crippen LogP contribution < -0.4 is 15.8 Å². The molecule has 0 bridgehead atoms. The molecule has 5 nitrogen and oxygen atoms in total. The monoisotopic (exact) mass is 391 g/mol. The molecule has 112 valence electrons. The SMILES string of the molecule is COc1cccc(NC(N)=NCCOCC2CC2)c1.I. The lowest BCUT2D eigenvalue weighted by Crippen LogP contribution is -2.23. The topological polar surface area (TPSA) is 68.9 Å². The van der Waals surface area contributed by atoms with Crippen LogP contribution in [-0.4, -0.2) is 32.8 Å². The van der Waals surface area contributed by atoms with Crippen LogP contribution in [0.4, 0.5) is 5.69 Å². The van der Waals surface area contributed by atoms with Crippen molar-refractivity contribution in [3.8, 4) is 5.75 Å². The lowest BCUT2D eigenvalue weighted by molar-refractivity contribution is 0.132. The van der Waals surface area contributed by atoms with Gasteiger partial charge in [-0.2, -0.15) is 0 Å². The van der Waals surface area contributed by atoms with E-state index in [1.165, 1.54) is 12.8 Å². The van der Waals surface area contributed by atoms with Crippen molar-refractivity contribution >= 4 is 35.6 Å². The van der Waals surface area contributed by atoms with Gasteiger partial charge in [-0.1, -0.05) is 6.07 Å². The van der Waals surface area contributed by atoms with Gasteiger partial charge in [0.1, 0.15) is 5.75 Å². The molecule has 0 unspecified atom stereocenters. The molecule has 3 N–H and O–H groups in total. The third-order valence-electron chi connectivity index (χ3n) is 2.91. The number of ether oxygens (including phenoxy) is 2. The first-order valence-corrected chi connectivity index (χ1v) is 6.56. The largest absolute Gasteiger partial charge is 0.497 e. The Hall–Kier alpha value is -1.02. The number of aliphatic imine (C=N–C) groups is 1. The van der Waals surface area contributed by atoms with E-state index < -0.39 is 0 Å². The highest BCUT2D eigenvalue weighted by Gasteiger charge is 2.20. The van der Waals surface area contributed by atoms with Crippen molar-refractivity contribution < 1.29 is 9.47 Å². The van der Waals surface area contributed by atoms with Gasteiger partial charge in [-0.05, 0) is 30.9 Å². The lowest BCUT2D eigenvalue weighted by atomic mass is 10.3. The molecule has 1 aromatic rings. The highest BCUT2D eigenvalue weighted by molar-refractivity contribution is 14.0. The van der Waals surface area contributed by atoms with Crippen molar-refractivity contribution in [1.29, 1.82) is 0 Å². The van der Waals surface area contributed by atoms with E-state index in [-0.39, 0.29) is 24.0 Å². The molecule has 0 radical (unpaired) electrons. The second-order valence-corrected chi connectivity index (χ2v) is 4.64. The Bertz CT molecular complexity index is 436. The van der Waals surface area contributed by atoms with Gasteiger partial charge < -0.3 is 20.5 Å². The molecule has 0 aliphatic heterocycles.